The van der Waals surface area contributed by atoms with Crippen LogP contribution in [0, 0.1) is 0 Å². The van der Waals surface area contributed by atoms with Gasteiger partial charge in [0.25, 0.3) is 0 Å². The highest BCUT2D eigenvalue weighted by molar-refractivity contribution is 6.30. The molecule has 0 N–H and O–H groups in total. The largest absolute Gasteiger partial charge is 0.496 e. The number of hydrogen-bond acceptors (Lipinski definition) is 3. The van der Waals surface area contributed by atoms with E-state index >= 15 is 0 Å². The van der Waals surface area contributed by atoms with E-state index in [0.29, 0.717) is 33.7 Å². The van der Waals surface area contributed by atoms with Gasteiger partial charge in [0.1, 0.15) is 5.75 Å². The molecule has 0 saturated heterocycles. The van der Waals surface area contributed by atoms with Gasteiger partial charge < -0.3 is 4.74 Å². The summed E-state index contributed by atoms with van der Waals surface area (Å²) in [7, 11) is 1.48. The lowest BCUT2D eigenvalue weighted by Gasteiger charge is -2.06. The summed E-state index contributed by atoms with van der Waals surface area (Å²) in [5, 5.41) is 0.569. The quantitative estimate of drug-likeness (QED) is 0.634. The minimum absolute atomic E-state index is 0.164. The lowest BCUT2D eigenvalue weighted by molar-refractivity contribution is 0.103. The summed E-state index contributed by atoms with van der Waals surface area (Å²) in [4.78, 5) is 23.2. The minimum Gasteiger partial charge on any atom is -0.496 e. The van der Waals surface area contributed by atoms with E-state index in [1.807, 2.05) is 0 Å². The molecule has 0 fully saturated rings. The zero-order valence-corrected chi connectivity index (χ0v) is 11.0. The molecule has 2 rings (SSSR count). The number of benzene rings is 2. The fraction of sp³-hybridized carbons (Fsp3) is 0.0667. The molecule has 0 aliphatic heterocycles. The van der Waals surface area contributed by atoms with Crippen molar-refractivity contribution in [2.24, 2.45) is 0 Å². The van der Waals surface area contributed by atoms with Crippen molar-refractivity contribution in [2.75, 3.05) is 7.11 Å². The van der Waals surface area contributed by atoms with Gasteiger partial charge in [0.05, 0.1) is 12.7 Å². The molecule has 2 aromatic carbocycles. The summed E-state index contributed by atoms with van der Waals surface area (Å²) >= 11 is 5.78. The Morgan fingerprint density at radius 2 is 1.74 bits per heavy atom. The molecule has 0 heterocycles. The summed E-state index contributed by atoms with van der Waals surface area (Å²) in [6.07, 6.45) is 0.664. The molecule has 0 radical (unpaired) electrons. The van der Waals surface area contributed by atoms with Crippen LogP contribution in [0.15, 0.2) is 42.5 Å². The first-order valence-electron chi connectivity index (χ1n) is 5.59. The maximum atomic E-state index is 12.2. The third-order valence-corrected chi connectivity index (χ3v) is 2.98. The summed E-state index contributed by atoms with van der Waals surface area (Å²) < 4.78 is 5.03. The molecule has 0 amide bonds. The maximum Gasteiger partial charge on any atom is 0.193 e. The van der Waals surface area contributed by atoms with Gasteiger partial charge in [0.15, 0.2) is 12.1 Å². The molecule has 0 aromatic heterocycles. The van der Waals surface area contributed by atoms with Gasteiger partial charge >= 0.3 is 0 Å². The average molecular weight is 275 g/mol. The second-order valence-electron chi connectivity index (χ2n) is 3.91. The summed E-state index contributed by atoms with van der Waals surface area (Å²) in [6.45, 7) is 0. The molecule has 0 saturated carbocycles. The average Bonchev–Trinajstić information content (AvgIpc) is 2.46. The van der Waals surface area contributed by atoms with E-state index < -0.39 is 0 Å². The molecule has 0 unspecified atom stereocenters. The van der Waals surface area contributed by atoms with Gasteiger partial charge in [0.2, 0.25) is 0 Å². The first-order chi connectivity index (χ1) is 9.15. The van der Waals surface area contributed by atoms with Crippen LogP contribution >= 0.6 is 11.6 Å². The van der Waals surface area contributed by atoms with Crippen LogP contribution < -0.4 is 4.74 Å². The molecule has 0 spiro atoms. The molecule has 19 heavy (non-hydrogen) atoms. The van der Waals surface area contributed by atoms with E-state index in [-0.39, 0.29) is 5.78 Å². The summed E-state index contributed by atoms with van der Waals surface area (Å²) in [5.74, 6) is 0.282. The van der Waals surface area contributed by atoms with Gasteiger partial charge in [0, 0.05) is 16.1 Å². The Balaban J connectivity index is 2.39. The standard InChI is InChI=1S/C15H11ClO3/c1-19-14-7-4-11(8-12(14)9-17)15(18)10-2-5-13(16)6-3-10/h2-9H,1H3. The Morgan fingerprint density at radius 3 is 2.32 bits per heavy atom. The van der Waals surface area contributed by atoms with Gasteiger partial charge in [-0.1, -0.05) is 11.6 Å². The SMILES string of the molecule is COc1ccc(C(=O)c2ccc(Cl)cc2)cc1C=O. The van der Waals surface area contributed by atoms with Crippen LogP contribution in [0.3, 0.4) is 0 Å². The van der Waals surface area contributed by atoms with E-state index in [1.165, 1.54) is 13.2 Å². The lowest BCUT2D eigenvalue weighted by atomic mass is 10.0. The van der Waals surface area contributed by atoms with Crippen LogP contribution in [0.1, 0.15) is 26.3 Å². The Labute approximate surface area is 115 Å². The van der Waals surface area contributed by atoms with Crippen molar-refractivity contribution >= 4 is 23.7 Å². The van der Waals surface area contributed by atoms with Gasteiger partial charge in [-0.15, -0.1) is 0 Å². The number of methoxy groups -OCH3 is 1. The van der Waals surface area contributed by atoms with Crippen LogP contribution in [0.2, 0.25) is 5.02 Å². The topological polar surface area (TPSA) is 43.4 Å². The molecule has 0 atom stereocenters. The van der Waals surface area contributed by atoms with E-state index in [9.17, 15) is 9.59 Å². The van der Waals surface area contributed by atoms with Crippen molar-refractivity contribution in [2.45, 2.75) is 0 Å². The number of aldehydes is 1. The lowest BCUT2D eigenvalue weighted by Crippen LogP contribution is -2.02. The molecule has 0 aliphatic carbocycles. The van der Waals surface area contributed by atoms with E-state index in [4.69, 9.17) is 16.3 Å². The second-order valence-corrected chi connectivity index (χ2v) is 4.35. The van der Waals surface area contributed by atoms with E-state index in [2.05, 4.69) is 0 Å². The molecular weight excluding hydrogens is 264 g/mol. The minimum atomic E-state index is -0.164. The van der Waals surface area contributed by atoms with Gasteiger partial charge in [-0.25, -0.2) is 0 Å². The Bertz CT molecular complexity index is 618. The van der Waals surface area contributed by atoms with E-state index in [0.717, 1.165) is 0 Å². The number of halogens is 1. The number of carbonyl (C=O) groups is 2. The second kappa shape index (κ2) is 5.67. The van der Waals surface area contributed by atoms with Crippen molar-refractivity contribution in [1.82, 2.24) is 0 Å². The summed E-state index contributed by atoms with van der Waals surface area (Å²) in [6, 6.07) is 11.3. The normalized spacial score (nSPS) is 10.0. The maximum absolute atomic E-state index is 12.2. The van der Waals surface area contributed by atoms with Crippen LogP contribution in [0.4, 0.5) is 0 Å². The number of ketones is 1. The molecule has 2 aromatic rings. The fourth-order valence-electron chi connectivity index (χ4n) is 1.74. The highest BCUT2D eigenvalue weighted by Crippen LogP contribution is 2.20. The van der Waals surface area contributed by atoms with Crippen molar-refractivity contribution < 1.29 is 14.3 Å². The third-order valence-electron chi connectivity index (χ3n) is 2.73. The van der Waals surface area contributed by atoms with Crippen LogP contribution in [0.5, 0.6) is 5.75 Å². The number of hydrogen-bond donors (Lipinski definition) is 0. The fourth-order valence-corrected chi connectivity index (χ4v) is 1.86. The smallest absolute Gasteiger partial charge is 0.193 e. The highest BCUT2D eigenvalue weighted by atomic mass is 35.5. The molecule has 0 aliphatic rings. The molecular formula is C15H11ClO3. The zero-order chi connectivity index (χ0) is 13.8. The summed E-state index contributed by atoms with van der Waals surface area (Å²) in [5.41, 5.74) is 1.30. The molecule has 96 valence electrons. The predicted molar refractivity (Wildman–Crippen MR) is 73.3 cm³/mol. The van der Waals surface area contributed by atoms with Gasteiger partial charge in [-0.05, 0) is 42.5 Å². The van der Waals surface area contributed by atoms with Gasteiger partial charge in [-0.3, -0.25) is 9.59 Å². The van der Waals surface area contributed by atoms with Crippen molar-refractivity contribution in [1.29, 1.82) is 0 Å². The Kier molecular flexibility index (Phi) is 3.97. The van der Waals surface area contributed by atoms with Crippen molar-refractivity contribution in [3.63, 3.8) is 0 Å². The number of carbonyl (C=O) groups excluding carboxylic acids is 2. The van der Waals surface area contributed by atoms with Crippen LogP contribution in [-0.4, -0.2) is 19.2 Å². The molecule has 4 heteroatoms. The number of rotatable bonds is 4. The van der Waals surface area contributed by atoms with Crippen molar-refractivity contribution in [3.8, 4) is 5.75 Å². The van der Waals surface area contributed by atoms with Crippen LogP contribution in [-0.2, 0) is 0 Å². The molecule has 3 nitrogen and oxygen atoms in total. The van der Waals surface area contributed by atoms with Gasteiger partial charge in [-0.2, -0.15) is 0 Å². The van der Waals surface area contributed by atoms with E-state index in [1.54, 1.807) is 36.4 Å². The highest BCUT2D eigenvalue weighted by Gasteiger charge is 2.11. The Morgan fingerprint density at radius 1 is 1.11 bits per heavy atom. The van der Waals surface area contributed by atoms with Crippen molar-refractivity contribution in [3.05, 3.63) is 64.2 Å². The first kappa shape index (κ1) is 13.3. The molecule has 0 bridgehead atoms. The van der Waals surface area contributed by atoms with Crippen LogP contribution in [0.25, 0.3) is 0 Å². The Hall–Kier alpha value is -2.13. The third kappa shape index (κ3) is 2.83. The number of ether oxygens (including phenoxy) is 1. The monoisotopic (exact) mass is 274 g/mol. The predicted octanol–water partition coefficient (Wildman–Crippen LogP) is 3.39. The zero-order valence-electron chi connectivity index (χ0n) is 10.2. The first-order valence-corrected chi connectivity index (χ1v) is 5.97.